The van der Waals surface area contributed by atoms with Gasteiger partial charge >= 0.3 is 0 Å². The average Bonchev–Trinajstić information content (AvgIpc) is 2.99. The fourth-order valence-electron chi connectivity index (χ4n) is 2.94. The average molecular weight is 313 g/mol. The van der Waals surface area contributed by atoms with E-state index in [1.165, 1.54) is 25.7 Å². The Balaban J connectivity index is 0.00000220. The molecule has 0 radical (unpaired) electrons. The Hall–Kier alpha value is -1.10. The van der Waals surface area contributed by atoms with Crippen molar-refractivity contribution in [2.75, 3.05) is 13.7 Å². The molecule has 1 saturated carbocycles. The summed E-state index contributed by atoms with van der Waals surface area (Å²) in [5, 5.41) is 3.12. The van der Waals surface area contributed by atoms with E-state index >= 15 is 0 Å². The van der Waals surface area contributed by atoms with Gasteiger partial charge in [0.05, 0.1) is 12.6 Å². The summed E-state index contributed by atoms with van der Waals surface area (Å²) in [6, 6.07) is 9.63. The second kappa shape index (κ2) is 9.03. The molecular weight excluding hydrogens is 288 g/mol. The first-order valence-corrected chi connectivity index (χ1v) is 7.32. The standard InChI is InChI=1S/C16H24N2O2.ClH/c1-20-11-14(17)16(19)18-15(13-9-5-6-10-13)12-7-3-2-4-8-12;/h2-4,7-8,13-15H,5-6,9-11,17H2,1H3,(H,18,19);1H. The minimum absolute atomic E-state index is 0. The summed E-state index contributed by atoms with van der Waals surface area (Å²) >= 11 is 0. The molecule has 2 unspecified atom stereocenters. The van der Waals surface area contributed by atoms with Crippen molar-refractivity contribution >= 4 is 18.3 Å². The summed E-state index contributed by atoms with van der Waals surface area (Å²) in [4.78, 5) is 12.2. The second-order valence-corrected chi connectivity index (χ2v) is 5.50. The first-order chi connectivity index (χ1) is 9.72. The lowest BCUT2D eigenvalue weighted by Gasteiger charge is -2.26. The van der Waals surface area contributed by atoms with E-state index < -0.39 is 6.04 Å². The Morgan fingerprint density at radius 2 is 1.95 bits per heavy atom. The summed E-state index contributed by atoms with van der Waals surface area (Å²) in [6.45, 7) is 0.248. The van der Waals surface area contributed by atoms with Gasteiger partial charge in [0.15, 0.2) is 0 Å². The fraction of sp³-hybridized carbons (Fsp3) is 0.562. The van der Waals surface area contributed by atoms with Crippen molar-refractivity contribution in [3.8, 4) is 0 Å². The van der Waals surface area contributed by atoms with Crippen LogP contribution >= 0.6 is 12.4 Å². The topological polar surface area (TPSA) is 64.3 Å². The maximum atomic E-state index is 12.2. The Morgan fingerprint density at radius 1 is 1.33 bits per heavy atom. The van der Waals surface area contributed by atoms with Crippen molar-refractivity contribution in [3.63, 3.8) is 0 Å². The highest BCUT2D eigenvalue weighted by Crippen LogP contribution is 2.35. The molecule has 1 aliphatic carbocycles. The maximum Gasteiger partial charge on any atom is 0.239 e. The van der Waals surface area contributed by atoms with E-state index in [4.69, 9.17) is 10.5 Å². The molecule has 0 heterocycles. The highest BCUT2D eigenvalue weighted by molar-refractivity contribution is 5.85. The number of rotatable bonds is 6. The number of halogens is 1. The van der Waals surface area contributed by atoms with Crippen molar-refractivity contribution in [3.05, 3.63) is 35.9 Å². The Morgan fingerprint density at radius 3 is 2.52 bits per heavy atom. The second-order valence-electron chi connectivity index (χ2n) is 5.50. The number of methoxy groups -OCH3 is 1. The van der Waals surface area contributed by atoms with E-state index in [2.05, 4.69) is 17.4 Å². The predicted molar refractivity (Wildman–Crippen MR) is 86.4 cm³/mol. The van der Waals surface area contributed by atoms with Gasteiger partial charge in [-0.1, -0.05) is 43.2 Å². The van der Waals surface area contributed by atoms with Crippen LogP contribution in [-0.4, -0.2) is 25.7 Å². The zero-order valence-electron chi connectivity index (χ0n) is 12.5. The third-order valence-electron chi connectivity index (χ3n) is 4.01. The maximum absolute atomic E-state index is 12.2. The molecule has 1 aromatic rings. The summed E-state index contributed by atoms with van der Waals surface area (Å²) in [7, 11) is 1.55. The molecule has 0 spiro atoms. The predicted octanol–water partition coefficient (Wildman–Crippen LogP) is 2.43. The van der Waals surface area contributed by atoms with Gasteiger partial charge in [0.2, 0.25) is 5.91 Å². The van der Waals surface area contributed by atoms with Gasteiger partial charge in [-0.25, -0.2) is 0 Å². The van der Waals surface area contributed by atoms with Crippen LogP contribution in [-0.2, 0) is 9.53 Å². The SMILES string of the molecule is COCC(N)C(=O)NC(c1ccccc1)C1CCCC1.Cl. The lowest BCUT2D eigenvalue weighted by Crippen LogP contribution is -2.46. The van der Waals surface area contributed by atoms with E-state index in [1.807, 2.05) is 18.2 Å². The van der Waals surface area contributed by atoms with Gasteiger partial charge in [-0.15, -0.1) is 12.4 Å². The molecule has 2 rings (SSSR count). The lowest BCUT2D eigenvalue weighted by molar-refractivity contribution is -0.124. The zero-order valence-corrected chi connectivity index (χ0v) is 13.3. The zero-order chi connectivity index (χ0) is 14.4. The molecule has 1 aliphatic rings. The summed E-state index contributed by atoms with van der Waals surface area (Å²) in [5.41, 5.74) is 6.98. The number of amides is 1. The summed E-state index contributed by atoms with van der Waals surface area (Å²) < 4.78 is 4.95. The van der Waals surface area contributed by atoms with Gasteiger partial charge < -0.3 is 15.8 Å². The Bertz CT molecular complexity index is 422. The van der Waals surface area contributed by atoms with Crippen LogP contribution < -0.4 is 11.1 Å². The fourth-order valence-corrected chi connectivity index (χ4v) is 2.94. The number of carbonyl (C=O) groups is 1. The first kappa shape index (κ1) is 18.0. The summed E-state index contributed by atoms with van der Waals surface area (Å²) in [6.07, 6.45) is 4.82. The highest BCUT2D eigenvalue weighted by Gasteiger charge is 2.28. The van der Waals surface area contributed by atoms with Crippen molar-refractivity contribution in [1.29, 1.82) is 0 Å². The van der Waals surface area contributed by atoms with Crippen LogP contribution in [0.4, 0.5) is 0 Å². The summed E-state index contributed by atoms with van der Waals surface area (Å²) in [5.74, 6) is 0.378. The van der Waals surface area contributed by atoms with Crippen LogP contribution in [0.25, 0.3) is 0 Å². The number of carbonyl (C=O) groups excluding carboxylic acids is 1. The molecule has 2 atom stereocenters. The molecule has 0 bridgehead atoms. The van der Waals surface area contributed by atoms with Gasteiger partial charge in [0.1, 0.15) is 6.04 Å². The van der Waals surface area contributed by atoms with Crippen LogP contribution in [0.3, 0.4) is 0 Å². The smallest absolute Gasteiger partial charge is 0.239 e. The molecule has 1 amide bonds. The molecule has 0 aromatic heterocycles. The molecule has 1 aromatic carbocycles. The molecule has 0 saturated heterocycles. The molecule has 21 heavy (non-hydrogen) atoms. The van der Waals surface area contributed by atoms with Crippen LogP contribution in [0.15, 0.2) is 30.3 Å². The third-order valence-corrected chi connectivity index (χ3v) is 4.01. The third kappa shape index (κ3) is 4.99. The molecule has 3 N–H and O–H groups in total. The number of nitrogens with one attached hydrogen (secondary N) is 1. The Kier molecular flexibility index (Phi) is 7.72. The van der Waals surface area contributed by atoms with Gasteiger partial charge in [0, 0.05) is 7.11 Å². The van der Waals surface area contributed by atoms with Crippen LogP contribution in [0.1, 0.15) is 37.3 Å². The van der Waals surface area contributed by atoms with Crippen LogP contribution in [0, 0.1) is 5.92 Å². The normalized spacial score (nSPS) is 17.8. The van der Waals surface area contributed by atoms with E-state index in [0.717, 1.165) is 5.56 Å². The molecular formula is C16H25ClN2O2. The molecule has 118 valence electrons. The van der Waals surface area contributed by atoms with Crippen LogP contribution in [0.5, 0.6) is 0 Å². The minimum atomic E-state index is -0.604. The first-order valence-electron chi connectivity index (χ1n) is 7.32. The number of hydrogen-bond donors (Lipinski definition) is 2. The van der Waals surface area contributed by atoms with E-state index in [9.17, 15) is 4.79 Å². The monoisotopic (exact) mass is 312 g/mol. The number of ether oxygens (including phenoxy) is 1. The Labute approximate surface area is 132 Å². The highest BCUT2D eigenvalue weighted by atomic mass is 35.5. The number of benzene rings is 1. The van der Waals surface area contributed by atoms with Gasteiger partial charge in [0.25, 0.3) is 0 Å². The quantitative estimate of drug-likeness (QED) is 0.848. The number of hydrogen-bond acceptors (Lipinski definition) is 3. The van der Waals surface area contributed by atoms with Gasteiger partial charge in [-0.3, -0.25) is 4.79 Å². The lowest BCUT2D eigenvalue weighted by atomic mass is 9.91. The number of nitrogens with two attached hydrogens (primary N) is 1. The molecule has 4 nitrogen and oxygen atoms in total. The van der Waals surface area contributed by atoms with Crippen molar-refractivity contribution in [1.82, 2.24) is 5.32 Å². The minimum Gasteiger partial charge on any atom is -0.383 e. The van der Waals surface area contributed by atoms with E-state index in [0.29, 0.717) is 5.92 Å². The van der Waals surface area contributed by atoms with Crippen LogP contribution in [0.2, 0.25) is 0 Å². The van der Waals surface area contributed by atoms with E-state index in [-0.39, 0.29) is 31.0 Å². The van der Waals surface area contributed by atoms with Gasteiger partial charge in [-0.05, 0) is 24.3 Å². The van der Waals surface area contributed by atoms with Crippen molar-refractivity contribution in [2.45, 2.75) is 37.8 Å². The molecule has 0 aliphatic heterocycles. The largest absolute Gasteiger partial charge is 0.383 e. The van der Waals surface area contributed by atoms with Crippen molar-refractivity contribution in [2.24, 2.45) is 11.7 Å². The molecule has 1 fully saturated rings. The van der Waals surface area contributed by atoms with Crippen molar-refractivity contribution < 1.29 is 9.53 Å². The van der Waals surface area contributed by atoms with E-state index in [1.54, 1.807) is 7.11 Å². The van der Waals surface area contributed by atoms with Gasteiger partial charge in [-0.2, -0.15) is 0 Å². The molecule has 5 heteroatoms.